The summed E-state index contributed by atoms with van der Waals surface area (Å²) < 4.78 is 18.4. The highest BCUT2D eigenvalue weighted by Gasteiger charge is 2.16. The van der Waals surface area contributed by atoms with Gasteiger partial charge >= 0.3 is 6.09 Å². The number of ether oxygens (including phenoxy) is 1. The molecule has 0 aliphatic rings. The minimum absolute atomic E-state index is 0.258. The van der Waals surface area contributed by atoms with E-state index in [9.17, 15) is 19.3 Å². The molecule has 0 spiro atoms. The van der Waals surface area contributed by atoms with Crippen molar-refractivity contribution in [3.63, 3.8) is 0 Å². The summed E-state index contributed by atoms with van der Waals surface area (Å²) >= 11 is 0. The van der Waals surface area contributed by atoms with Crippen LogP contribution in [0.5, 0.6) is 0 Å². The first-order valence-corrected chi connectivity index (χ1v) is 7.00. The van der Waals surface area contributed by atoms with Crippen LogP contribution in [0.15, 0.2) is 12.1 Å². The van der Waals surface area contributed by atoms with Crippen molar-refractivity contribution >= 4 is 11.8 Å². The van der Waals surface area contributed by atoms with Gasteiger partial charge in [0.2, 0.25) is 0 Å². The first kappa shape index (κ1) is 18.4. The number of carbonyl (C=O) groups is 1. The largest absolute Gasteiger partial charge is 0.444 e. The molecule has 0 aromatic heterocycles. The summed E-state index contributed by atoms with van der Waals surface area (Å²) in [5.41, 5.74) is -0.313. The molecular formula is C16H19FN2O4. The lowest BCUT2D eigenvalue weighted by Gasteiger charge is -2.19. The summed E-state index contributed by atoms with van der Waals surface area (Å²) in [6, 6.07) is 2.02. The third-order valence-electron chi connectivity index (χ3n) is 2.68. The van der Waals surface area contributed by atoms with E-state index < -0.39 is 22.4 Å². The van der Waals surface area contributed by atoms with E-state index in [-0.39, 0.29) is 17.8 Å². The fourth-order valence-corrected chi connectivity index (χ4v) is 1.68. The third-order valence-corrected chi connectivity index (χ3v) is 2.68. The summed E-state index contributed by atoms with van der Waals surface area (Å²) in [7, 11) is 0. The molecule has 0 aliphatic carbocycles. The number of amides is 1. The van der Waals surface area contributed by atoms with Gasteiger partial charge in [-0.3, -0.25) is 10.1 Å². The maximum Gasteiger partial charge on any atom is 0.407 e. The molecule has 0 radical (unpaired) electrons. The van der Waals surface area contributed by atoms with Gasteiger partial charge in [0.25, 0.3) is 5.69 Å². The molecule has 23 heavy (non-hydrogen) atoms. The molecule has 0 bridgehead atoms. The summed E-state index contributed by atoms with van der Waals surface area (Å²) in [4.78, 5) is 21.6. The molecule has 6 nitrogen and oxygen atoms in total. The first-order valence-electron chi connectivity index (χ1n) is 7.00. The SMILES string of the molecule is Cc1c(C#CCCNC(=O)OC(C)(C)C)cc(F)cc1[N+](=O)[O-]. The average Bonchev–Trinajstić information content (AvgIpc) is 2.39. The molecule has 0 unspecified atom stereocenters. The summed E-state index contributed by atoms with van der Waals surface area (Å²) in [6.07, 6.45) is -0.236. The van der Waals surface area contributed by atoms with Crippen molar-refractivity contribution in [3.8, 4) is 11.8 Å². The van der Waals surface area contributed by atoms with Crippen LogP contribution in [0, 0.1) is 34.7 Å². The lowest BCUT2D eigenvalue weighted by atomic mass is 10.1. The fourth-order valence-electron chi connectivity index (χ4n) is 1.68. The number of benzene rings is 1. The summed E-state index contributed by atoms with van der Waals surface area (Å²) in [6.45, 7) is 7.04. The maximum atomic E-state index is 13.4. The standard InChI is InChI=1S/C16H19FN2O4/c1-11-12(9-13(17)10-14(11)19(21)22)7-5-6-8-18-15(20)23-16(2,3)4/h9-10H,6,8H2,1-4H3,(H,18,20). The van der Waals surface area contributed by atoms with Gasteiger partial charge in [-0.05, 0) is 33.8 Å². The molecule has 0 heterocycles. The molecule has 0 aliphatic heterocycles. The Kier molecular flexibility index (Phi) is 6.08. The molecule has 0 fully saturated rings. The number of nitro groups is 1. The van der Waals surface area contributed by atoms with Crippen LogP contribution < -0.4 is 5.32 Å². The molecule has 124 valence electrons. The predicted octanol–water partition coefficient (Wildman–Crippen LogP) is 3.31. The zero-order chi connectivity index (χ0) is 17.6. The molecule has 1 N–H and O–H groups in total. The molecule has 1 aromatic rings. The van der Waals surface area contributed by atoms with Gasteiger partial charge in [-0.25, -0.2) is 9.18 Å². The van der Waals surface area contributed by atoms with E-state index in [1.165, 1.54) is 6.92 Å². The van der Waals surface area contributed by atoms with Crippen molar-refractivity contribution in [2.24, 2.45) is 0 Å². The number of nitrogens with one attached hydrogen (secondary N) is 1. The van der Waals surface area contributed by atoms with Crippen LogP contribution in [0.3, 0.4) is 0 Å². The van der Waals surface area contributed by atoms with Gasteiger partial charge < -0.3 is 10.1 Å². The highest BCUT2D eigenvalue weighted by molar-refractivity contribution is 5.67. The van der Waals surface area contributed by atoms with E-state index in [1.807, 2.05) is 0 Å². The van der Waals surface area contributed by atoms with Gasteiger partial charge in [-0.15, -0.1) is 0 Å². The van der Waals surface area contributed by atoms with Crippen LogP contribution in [0.2, 0.25) is 0 Å². The van der Waals surface area contributed by atoms with Gasteiger partial charge in [0.1, 0.15) is 11.4 Å². The van der Waals surface area contributed by atoms with Crippen LogP contribution in [0.4, 0.5) is 14.9 Å². The lowest BCUT2D eigenvalue weighted by molar-refractivity contribution is -0.385. The van der Waals surface area contributed by atoms with Crippen molar-refractivity contribution in [2.45, 2.75) is 39.7 Å². The van der Waals surface area contributed by atoms with Gasteiger partial charge in [-0.2, -0.15) is 0 Å². The predicted molar refractivity (Wildman–Crippen MR) is 83.5 cm³/mol. The number of nitrogens with zero attached hydrogens (tertiary/aromatic N) is 1. The fraction of sp³-hybridized carbons (Fsp3) is 0.438. The highest BCUT2D eigenvalue weighted by Crippen LogP contribution is 2.22. The molecule has 7 heteroatoms. The second-order valence-corrected chi connectivity index (χ2v) is 5.84. The molecule has 0 saturated heterocycles. The Balaban J connectivity index is 2.64. The van der Waals surface area contributed by atoms with E-state index in [0.29, 0.717) is 12.0 Å². The normalized spacial score (nSPS) is 10.5. The van der Waals surface area contributed by atoms with Crippen molar-refractivity contribution in [1.82, 2.24) is 5.32 Å². The Labute approximate surface area is 134 Å². The van der Waals surface area contributed by atoms with Crippen LogP contribution in [-0.2, 0) is 4.74 Å². The van der Waals surface area contributed by atoms with E-state index in [2.05, 4.69) is 17.2 Å². The maximum absolute atomic E-state index is 13.4. The second kappa shape index (κ2) is 7.58. The Morgan fingerprint density at radius 1 is 1.43 bits per heavy atom. The Morgan fingerprint density at radius 2 is 2.09 bits per heavy atom. The van der Waals surface area contributed by atoms with E-state index in [4.69, 9.17) is 4.74 Å². The smallest absolute Gasteiger partial charge is 0.407 e. The number of alkyl carbamates (subject to hydrolysis) is 1. The highest BCUT2D eigenvalue weighted by atomic mass is 19.1. The van der Waals surface area contributed by atoms with Crippen LogP contribution in [0.25, 0.3) is 0 Å². The summed E-state index contributed by atoms with van der Waals surface area (Å²) in [5, 5.41) is 13.4. The minimum Gasteiger partial charge on any atom is -0.444 e. The second-order valence-electron chi connectivity index (χ2n) is 5.84. The molecule has 0 saturated carbocycles. The Hall–Kier alpha value is -2.62. The molecule has 1 rings (SSSR count). The molecule has 1 aromatic carbocycles. The number of hydrogen-bond acceptors (Lipinski definition) is 4. The Morgan fingerprint density at radius 3 is 2.65 bits per heavy atom. The lowest BCUT2D eigenvalue weighted by Crippen LogP contribution is -2.32. The zero-order valence-corrected chi connectivity index (χ0v) is 13.5. The van der Waals surface area contributed by atoms with E-state index >= 15 is 0 Å². The topological polar surface area (TPSA) is 81.5 Å². The number of rotatable bonds is 3. The van der Waals surface area contributed by atoms with E-state index in [0.717, 1.165) is 12.1 Å². The van der Waals surface area contributed by atoms with Gasteiger partial charge in [0.15, 0.2) is 0 Å². The molecule has 0 atom stereocenters. The number of carbonyl (C=O) groups excluding carboxylic acids is 1. The van der Waals surface area contributed by atoms with Gasteiger partial charge in [0, 0.05) is 24.1 Å². The van der Waals surface area contributed by atoms with Crippen molar-refractivity contribution in [3.05, 3.63) is 39.2 Å². The zero-order valence-electron chi connectivity index (χ0n) is 13.5. The van der Waals surface area contributed by atoms with Gasteiger partial charge in [0.05, 0.1) is 11.0 Å². The molecule has 1 amide bonds. The summed E-state index contributed by atoms with van der Waals surface area (Å²) in [5.74, 6) is 4.72. The number of nitro benzene ring substituents is 1. The van der Waals surface area contributed by atoms with Crippen molar-refractivity contribution in [1.29, 1.82) is 0 Å². The minimum atomic E-state index is -0.710. The van der Waals surface area contributed by atoms with Crippen molar-refractivity contribution < 1.29 is 18.8 Å². The third kappa shape index (κ3) is 6.34. The van der Waals surface area contributed by atoms with Crippen LogP contribution >= 0.6 is 0 Å². The van der Waals surface area contributed by atoms with E-state index in [1.54, 1.807) is 20.8 Å². The van der Waals surface area contributed by atoms with Crippen LogP contribution in [0.1, 0.15) is 38.3 Å². The van der Waals surface area contributed by atoms with Gasteiger partial charge in [-0.1, -0.05) is 11.8 Å². The molecular weight excluding hydrogens is 303 g/mol. The number of halogens is 1. The van der Waals surface area contributed by atoms with Crippen LogP contribution in [-0.4, -0.2) is 23.2 Å². The first-order chi connectivity index (χ1) is 10.6. The Bertz CT molecular complexity index is 669. The monoisotopic (exact) mass is 322 g/mol. The number of hydrogen-bond donors (Lipinski definition) is 1. The average molecular weight is 322 g/mol. The van der Waals surface area contributed by atoms with Crippen molar-refractivity contribution in [2.75, 3.05) is 6.54 Å². The quantitative estimate of drug-likeness (QED) is 0.400.